The highest BCUT2D eigenvalue weighted by atomic mass is 16.7. The van der Waals surface area contributed by atoms with Gasteiger partial charge >= 0.3 is 5.97 Å². The van der Waals surface area contributed by atoms with Gasteiger partial charge in [-0.15, -0.1) is 0 Å². The summed E-state index contributed by atoms with van der Waals surface area (Å²) in [5.74, 6) is 2.32. The Morgan fingerprint density at radius 1 is 1.09 bits per heavy atom. The number of carbonyl (C=O) groups is 1. The first-order valence-electron chi connectivity index (χ1n) is 10.8. The van der Waals surface area contributed by atoms with Gasteiger partial charge < -0.3 is 23.7 Å². The van der Waals surface area contributed by atoms with Crippen LogP contribution in [0.2, 0.25) is 0 Å². The number of carbonyl (C=O) groups excluding carboxylic acids is 1. The fraction of sp³-hybridized carbons (Fsp3) is 0.360. The van der Waals surface area contributed by atoms with Crippen molar-refractivity contribution in [3.8, 4) is 34.3 Å². The lowest BCUT2D eigenvalue weighted by Gasteiger charge is -2.17. The normalized spacial score (nSPS) is 13.6. The average molecular weight is 436 g/mol. The zero-order chi connectivity index (χ0) is 22.1. The highest BCUT2D eigenvalue weighted by Crippen LogP contribution is 2.41. The van der Waals surface area contributed by atoms with E-state index in [1.54, 1.807) is 14.2 Å². The molecule has 0 radical (unpaired) electrons. The van der Waals surface area contributed by atoms with Crippen molar-refractivity contribution < 1.29 is 33.0 Å². The monoisotopic (exact) mass is 436 g/mol. The summed E-state index contributed by atoms with van der Waals surface area (Å²) >= 11 is 0. The molecular formula is C25H26NO6+. The molecule has 0 fully saturated rings. The van der Waals surface area contributed by atoms with Gasteiger partial charge in [0.1, 0.15) is 0 Å². The molecule has 0 saturated carbocycles. The van der Waals surface area contributed by atoms with E-state index in [2.05, 4.69) is 22.8 Å². The van der Waals surface area contributed by atoms with E-state index in [4.69, 9.17) is 23.7 Å². The minimum atomic E-state index is -0.271. The van der Waals surface area contributed by atoms with Gasteiger partial charge in [0.05, 0.1) is 18.1 Å². The molecule has 3 heterocycles. The van der Waals surface area contributed by atoms with Gasteiger partial charge in [-0.2, -0.15) is 4.57 Å². The second-order valence-corrected chi connectivity index (χ2v) is 7.99. The molecular weight excluding hydrogens is 410 g/mol. The van der Waals surface area contributed by atoms with Gasteiger partial charge in [0.2, 0.25) is 12.5 Å². The first-order valence-corrected chi connectivity index (χ1v) is 10.8. The standard InChI is InChI=1S/C25H26NO6/c1-28-10-4-3-5-24(27)32-25-19-14-26-9-8-17-12-22-23(31-15-30-22)13-18(17)20(26)11-16(19)6-7-21(25)29-2/h6-7,11-14H,3-5,8-10,15H2,1-2H3/q+1. The third-order valence-electron chi connectivity index (χ3n) is 5.99. The number of benzene rings is 2. The number of aromatic nitrogens is 1. The SMILES string of the molecule is COCCCCC(=O)Oc1c(OC)ccc2cc3[n+](cc12)CCc1cc2c(cc1-3)OCO2. The Labute approximate surface area is 186 Å². The second kappa shape index (κ2) is 8.67. The summed E-state index contributed by atoms with van der Waals surface area (Å²) in [6.07, 6.45) is 4.81. The second-order valence-electron chi connectivity index (χ2n) is 7.99. The van der Waals surface area contributed by atoms with Crippen LogP contribution in [0.1, 0.15) is 24.8 Å². The molecule has 0 aliphatic carbocycles. The van der Waals surface area contributed by atoms with Crippen molar-refractivity contribution in [2.45, 2.75) is 32.2 Å². The Balaban J connectivity index is 1.52. The van der Waals surface area contributed by atoms with E-state index in [0.29, 0.717) is 24.5 Å². The quantitative estimate of drug-likeness (QED) is 0.243. The number of unbranched alkanes of at least 4 members (excludes halogenated alkanes) is 1. The number of fused-ring (bicyclic) bond motifs is 5. The molecule has 5 rings (SSSR count). The number of ether oxygens (including phenoxy) is 5. The fourth-order valence-corrected chi connectivity index (χ4v) is 4.34. The Bertz CT molecular complexity index is 1190. The predicted molar refractivity (Wildman–Crippen MR) is 117 cm³/mol. The van der Waals surface area contributed by atoms with Crippen LogP contribution in [0.15, 0.2) is 36.5 Å². The highest BCUT2D eigenvalue weighted by molar-refractivity contribution is 5.93. The van der Waals surface area contributed by atoms with E-state index < -0.39 is 0 Å². The molecule has 0 bridgehead atoms. The van der Waals surface area contributed by atoms with E-state index in [1.165, 1.54) is 5.56 Å². The summed E-state index contributed by atoms with van der Waals surface area (Å²) in [6.45, 7) is 1.71. The zero-order valence-corrected chi connectivity index (χ0v) is 18.3. The van der Waals surface area contributed by atoms with E-state index in [-0.39, 0.29) is 12.8 Å². The summed E-state index contributed by atoms with van der Waals surface area (Å²) in [4.78, 5) is 12.5. The Kier molecular flexibility index (Phi) is 5.57. The molecule has 1 aromatic heterocycles. The van der Waals surface area contributed by atoms with Crippen LogP contribution in [-0.4, -0.2) is 33.6 Å². The molecule has 0 saturated heterocycles. The minimum absolute atomic E-state index is 0.260. The van der Waals surface area contributed by atoms with Crippen molar-refractivity contribution >= 4 is 16.7 Å². The molecule has 2 aliphatic rings. The zero-order valence-electron chi connectivity index (χ0n) is 18.3. The highest BCUT2D eigenvalue weighted by Gasteiger charge is 2.29. The molecule has 32 heavy (non-hydrogen) atoms. The number of aryl methyl sites for hydroxylation is 2. The van der Waals surface area contributed by atoms with Crippen molar-refractivity contribution in [2.24, 2.45) is 0 Å². The largest absolute Gasteiger partial charge is 0.493 e. The summed E-state index contributed by atoms with van der Waals surface area (Å²) in [5, 5.41) is 1.83. The molecule has 3 aromatic rings. The summed E-state index contributed by atoms with van der Waals surface area (Å²) in [7, 11) is 3.24. The Morgan fingerprint density at radius 3 is 2.75 bits per heavy atom. The van der Waals surface area contributed by atoms with Crippen LogP contribution in [-0.2, 0) is 22.5 Å². The minimum Gasteiger partial charge on any atom is -0.493 e. The van der Waals surface area contributed by atoms with Crippen LogP contribution >= 0.6 is 0 Å². The van der Waals surface area contributed by atoms with Crippen LogP contribution < -0.4 is 23.5 Å². The number of hydrogen-bond donors (Lipinski definition) is 0. The topological polar surface area (TPSA) is 67.1 Å². The Hall–Kier alpha value is -3.32. The average Bonchev–Trinajstić information content (AvgIpc) is 3.27. The number of methoxy groups -OCH3 is 2. The van der Waals surface area contributed by atoms with Crippen molar-refractivity contribution in [2.75, 3.05) is 27.6 Å². The van der Waals surface area contributed by atoms with Gasteiger partial charge in [0, 0.05) is 32.6 Å². The lowest BCUT2D eigenvalue weighted by molar-refractivity contribution is -0.686. The predicted octanol–water partition coefficient (Wildman–Crippen LogP) is 3.81. The third kappa shape index (κ3) is 3.73. The van der Waals surface area contributed by atoms with Gasteiger partial charge in [-0.05, 0) is 48.1 Å². The number of nitrogens with zero attached hydrogens (tertiary/aromatic N) is 1. The molecule has 2 aliphatic heterocycles. The van der Waals surface area contributed by atoms with Gasteiger partial charge in [0.15, 0.2) is 35.7 Å². The lowest BCUT2D eigenvalue weighted by atomic mass is 9.95. The number of esters is 1. The molecule has 7 heteroatoms. The van der Waals surface area contributed by atoms with Crippen molar-refractivity contribution in [1.29, 1.82) is 0 Å². The van der Waals surface area contributed by atoms with Crippen molar-refractivity contribution in [3.05, 3.63) is 42.1 Å². The van der Waals surface area contributed by atoms with Crippen molar-refractivity contribution in [3.63, 3.8) is 0 Å². The molecule has 0 N–H and O–H groups in total. The fourth-order valence-electron chi connectivity index (χ4n) is 4.34. The number of hydrogen-bond acceptors (Lipinski definition) is 6. The summed E-state index contributed by atoms with van der Waals surface area (Å²) in [6, 6.07) is 10.1. The third-order valence-corrected chi connectivity index (χ3v) is 5.99. The van der Waals surface area contributed by atoms with Crippen LogP contribution in [0.4, 0.5) is 0 Å². The lowest BCUT2D eigenvalue weighted by Crippen LogP contribution is -2.40. The van der Waals surface area contributed by atoms with Crippen LogP contribution in [0.5, 0.6) is 23.0 Å². The molecule has 0 spiro atoms. The van der Waals surface area contributed by atoms with Gasteiger partial charge in [-0.25, -0.2) is 0 Å². The smallest absolute Gasteiger partial charge is 0.311 e. The van der Waals surface area contributed by atoms with E-state index in [0.717, 1.165) is 59.3 Å². The van der Waals surface area contributed by atoms with E-state index in [9.17, 15) is 4.79 Å². The summed E-state index contributed by atoms with van der Waals surface area (Å²) in [5.41, 5.74) is 3.47. The number of pyridine rings is 1. The van der Waals surface area contributed by atoms with Crippen molar-refractivity contribution in [1.82, 2.24) is 0 Å². The maximum atomic E-state index is 12.5. The van der Waals surface area contributed by atoms with E-state index in [1.807, 2.05) is 18.3 Å². The van der Waals surface area contributed by atoms with Crippen LogP contribution in [0.3, 0.4) is 0 Å². The van der Waals surface area contributed by atoms with Gasteiger partial charge in [-0.3, -0.25) is 4.79 Å². The maximum absolute atomic E-state index is 12.5. The molecule has 0 unspecified atom stereocenters. The summed E-state index contributed by atoms with van der Waals surface area (Å²) < 4.78 is 29.7. The maximum Gasteiger partial charge on any atom is 0.311 e. The molecule has 2 aromatic carbocycles. The van der Waals surface area contributed by atoms with E-state index >= 15 is 0 Å². The Morgan fingerprint density at radius 2 is 1.94 bits per heavy atom. The molecule has 166 valence electrons. The molecule has 0 amide bonds. The first-order chi connectivity index (χ1) is 15.7. The van der Waals surface area contributed by atoms with Gasteiger partial charge in [-0.1, -0.05) is 0 Å². The number of rotatable bonds is 7. The molecule has 0 atom stereocenters. The van der Waals surface area contributed by atoms with Crippen LogP contribution in [0.25, 0.3) is 22.0 Å². The molecule has 7 nitrogen and oxygen atoms in total. The first kappa shape index (κ1) is 20.6. The van der Waals surface area contributed by atoms with Gasteiger partial charge in [0.25, 0.3) is 0 Å². The van der Waals surface area contributed by atoms with Crippen LogP contribution in [0, 0.1) is 0 Å².